The molecule has 0 heterocycles. The van der Waals surface area contributed by atoms with E-state index in [9.17, 15) is 25.5 Å². The van der Waals surface area contributed by atoms with Gasteiger partial charge in [-0.25, -0.2) is 0 Å². The molecule has 1 aromatic carbocycles. The maximum atomic E-state index is 10.0. The second-order valence-corrected chi connectivity index (χ2v) is 6.37. The van der Waals surface area contributed by atoms with E-state index in [0.717, 1.165) is 11.1 Å². The van der Waals surface area contributed by atoms with Crippen LogP contribution < -0.4 is 0 Å². The van der Waals surface area contributed by atoms with Crippen molar-refractivity contribution < 1.29 is 30.6 Å². The molecular formula is C19H28O6. The van der Waals surface area contributed by atoms with Crippen LogP contribution in [0, 0.1) is 0 Å². The van der Waals surface area contributed by atoms with Gasteiger partial charge in [0.15, 0.2) is 0 Å². The fourth-order valence-electron chi connectivity index (χ4n) is 2.60. The molecule has 0 spiro atoms. The maximum absolute atomic E-state index is 10.0. The quantitative estimate of drug-likeness (QED) is 0.367. The largest absolute Gasteiger partial charge is 0.507 e. The van der Waals surface area contributed by atoms with Crippen molar-refractivity contribution in [2.75, 3.05) is 19.8 Å². The topological polar surface area (TPSA) is 121 Å². The summed E-state index contributed by atoms with van der Waals surface area (Å²) in [6, 6.07) is 3.32. The van der Waals surface area contributed by atoms with Crippen LogP contribution in [0.2, 0.25) is 0 Å². The number of phenols is 1. The molecule has 0 aromatic heterocycles. The Kier molecular flexibility index (Phi) is 8.28. The van der Waals surface area contributed by atoms with Gasteiger partial charge in [-0.2, -0.15) is 0 Å². The number of hydrogen-bond donors (Lipinski definition) is 6. The van der Waals surface area contributed by atoms with Crippen molar-refractivity contribution in [3.8, 4) is 5.75 Å². The fraction of sp³-hybridized carbons (Fsp3) is 0.474. The summed E-state index contributed by atoms with van der Waals surface area (Å²) in [6.45, 7) is 2.46. The van der Waals surface area contributed by atoms with Gasteiger partial charge in [0.2, 0.25) is 0 Å². The van der Waals surface area contributed by atoms with Gasteiger partial charge in [-0.05, 0) is 35.3 Å². The fourth-order valence-corrected chi connectivity index (χ4v) is 2.60. The van der Waals surface area contributed by atoms with E-state index >= 15 is 0 Å². The van der Waals surface area contributed by atoms with Crippen LogP contribution in [0.25, 0.3) is 0 Å². The van der Waals surface area contributed by atoms with Gasteiger partial charge in [-0.1, -0.05) is 26.0 Å². The molecule has 6 heteroatoms. The van der Waals surface area contributed by atoms with Crippen molar-refractivity contribution in [2.24, 2.45) is 0 Å². The van der Waals surface area contributed by atoms with Crippen molar-refractivity contribution in [1.82, 2.24) is 0 Å². The van der Waals surface area contributed by atoms with E-state index in [1.165, 1.54) is 0 Å². The molecule has 0 aliphatic carbocycles. The number of benzene rings is 1. The summed E-state index contributed by atoms with van der Waals surface area (Å²) in [7, 11) is 0. The van der Waals surface area contributed by atoms with Gasteiger partial charge in [-0.3, -0.25) is 0 Å². The molecule has 0 saturated heterocycles. The van der Waals surface area contributed by atoms with Crippen molar-refractivity contribution in [3.63, 3.8) is 0 Å². The first kappa shape index (κ1) is 21.3. The summed E-state index contributed by atoms with van der Waals surface area (Å²) in [5.41, 5.74) is 1.94. The molecule has 0 aliphatic heterocycles. The zero-order valence-electron chi connectivity index (χ0n) is 14.7. The summed E-state index contributed by atoms with van der Waals surface area (Å²) in [6.07, 6.45) is 3.90. The Labute approximate surface area is 148 Å². The lowest BCUT2D eigenvalue weighted by molar-refractivity contribution is 0.263. The number of aromatic hydroxyl groups is 1. The number of rotatable bonds is 9. The Morgan fingerprint density at radius 3 is 1.88 bits per heavy atom. The van der Waals surface area contributed by atoms with Gasteiger partial charge in [0.05, 0.1) is 26.4 Å². The lowest BCUT2D eigenvalue weighted by Gasteiger charge is -2.29. The Morgan fingerprint density at radius 2 is 1.48 bits per heavy atom. The normalized spacial score (nSPS) is 12.4. The van der Waals surface area contributed by atoms with Crippen LogP contribution in [0.15, 0.2) is 35.4 Å². The van der Waals surface area contributed by atoms with E-state index < -0.39 is 5.41 Å². The molecule has 25 heavy (non-hydrogen) atoms. The molecule has 0 saturated carbocycles. The molecule has 0 atom stereocenters. The summed E-state index contributed by atoms with van der Waals surface area (Å²) < 4.78 is 0. The van der Waals surface area contributed by atoms with Crippen LogP contribution in [0.1, 0.15) is 37.0 Å². The average molecular weight is 352 g/mol. The number of allylic oxidation sites excluding steroid dienone is 2. The van der Waals surface area contributed by atoms with Crippen molar-refractivity contribution in [3.05, 3.63) is 52.1 Å². The SMILES string of the molecule is CC(C)(/C(C=C(CO)CO)=C/CCO)c1cc(CO)c(O)c(CO)c1. The van der Waals surface area contributed by atoms with Crippen molar-refractivity contribution in [1.29, 1.82) is 0 Å². The third-order valence-electron chi connectivity index (χ3n) is 4.31. The number of aliphatic hydroxyl groups is 5. The van der Waals surface area contributed by atoms with E-state index in [0.29, 0.717) is 23.1 Å². The van der Waals surface area contributed by atoms with Gasteiger partial charge in [0.1, 0.15) is 5.75 Å². The zero-order chi connectivity index (χ0) is 19.0. The van der Waals surface area contributed by atoms with Crippen LogP contribution in [0.3, 0.4) is 0 Å². The second kappa shape index (κ2) is 9.70. The first-order chi connectivity index (χ1) is 11.8. The molecular weight excluding hydrogens is 324 g/mol. The molecule has 140 valence electrons. The smallest absolute Gasteiger partial charge is 0.126 e. The van der Waals surface area contributed by atoms with Crippen LogP contribution >= 0.6 is 0 Å². The highest BCUT2D eigenvalue weighted by molar-refractivity contribution is 5.49. The highest BCUT2D eigenvalue weighted by atomic mass is 16.3. The molecule has 1 rings (SSSR count). The maximum Gasteiger partial charge on any atom is 0.126 e. The molecule has 0 fully saturated rings. The van der Waals surface area contributed by atoms with Gasteiger partial charge in [0.25, 0.3) is 0 Å². The highest BCUT2D eigenvalue weighted by Crippen LogP contribution is 2.37. The van der Waals surface area contributed by atoms with Crippen LogP contribution in [-0.4, -0.2) is 50.5 Å². The summed E-state index contributed by atoms with van der Waals surface area (Å²) in [4.78, 5) is 0. The third-order valence-corrected chi connectivity index (χ3v) is 4.31. The van der Waals surface area contributed by atoms with Gasteiger partial charge < -0.3 is 30.6 Å². The monoisotopic (exact) mass is 352 g/mol. The van der Waals surface area contributed by atoms with E-state index in [1.54, 1.807) is 18.2 Å². The predicted octanol–water partition coefficient (Wildman–Crippen LogP) is 0.874. The lowest BCUT2D eigenvalue weighted by atomic mass is 9.75. The van der Waals surface area contributed by atoms with Crippen LogP contribution in [0.4, 0.5) is 0 Å². The molecule has 0 unspecified atom stereocenters. The Balaban J connectivity index is 3.50. The van der Waals surface area contributed by atoms with Gasteiger partial charge in [0, 0.05) is 23.1 Å². The molecule has 0 aliphatic rings. The summed E-state index contributed by atoms with van der Waals surface area (Å²) >= 11 is 0. The standard InChI is InChI=1S/C19H28O6/c1-19(2,16(4-3-5-20)6-13(9-21)10-22)17-7-14(11-23)18(25)15(8-17)12-24/h4,6-8,20-25H,3,5,9-12H2,1-2H3/b16-4+. The molecule has 0 amide bonds. The molecule has 6 N–H and O–H groups in total. The van der Waals surface area contributed by atoms with E-state index in [2.05, 4.69) is 0 Å². The highest BCUT2D eigenvalue weighted by Gasteiger charge is 2.26. The van der Waals surface area contributed by atoms with Crippen LogP contribution in [0.5, 0.6) is 5.75 Å². The van der Waals surface area contributed by atoms with Crippen LogP contribution in [-0.2, 0) is 18.6 Å². The van der Waals surface area contributed by atoms with E-state index in [-0.39, 0.29) is 38.8 Å². The first-order valence-corrected chi connectivity index (χ1v) is 8.15. The average Bonchev–Trinajstić information content (AvgIpc) is 2.61. The number of hydrogen-bond acceptors (Lipinski definition) is 6. The van der Waals surface area contributed by atoms with Crippen molar-refractivity contribution >= 4 is 0 Å². The minimum atomic E-state index is -0.619. The Bertz CT molecular complexity index is 600. The van der Waals surface area contributed by atoms with E-state index in [4.69, 9.17) is 5.11 Å². The minimum Gasteiger partial charge on any atom is -0.507 e. The van der Waals surface area contributed by atoms with Gasteiger partial charge in [-0.15, -0.1) is 0 Å². The molecule has 6 nitrogen and oxygen atoms in total. The molecule has 0 bridgehead atoms. The second-order valence-electron chi connectivity index (χ2n) is 6.37. The molecule has 0 radical (unpaired) electrons. The predicted molar refractivity (Wildman–Crippen MR) is 95.0 cm³/mol. The zero-order valence-corrected chi connectivity index (χ0v) is 14.7. The van der Waals surface area contributed by atoms with Gasteiger partial charge >= 0.3 is 0 Å². The first-order valence-electron chi connectivity index (χ1n) is 8.15. The summed E-state index contributed by atoms with van der Waals surface area (Å²) in [5, 5.41) is 56.8. The number of aliphatic hydroxyl groups excluding tert-OH is 5. The Morgan fingerprint density at radius 1 is 0.960 bits per heavy atom. The Hall–Kier alpha value is -1.70. The third kappa shape index (κ3) is 5.14. The van der Waals surface area contributed by atoms with Crippen molar-refractivity contribution in [2.45, 2.75) is 38.9 Å². The van der Waals surface area contributed by atoms with E-state index in [1.807, 2.05) is 19.9 Å². The summed E-state index contributed by atoms with van der Waals surface area (Å²) in [5.74, 6) is -0.132. The molecule has 1 aromatic rings. The lowest BCUT2D eigenvalue weighted by Crippen LogP contribution is -2.21. The minimum absolute atomic E-state index is 0.0413.